The quantitative estimate of drug-likeness (QED) is 0.272. The van der Waals surface area contributed by atoms with Crippen molar-refractivity contribution < 1.29 is 31.0 Å². The molecule has 0 aliphatic heterocycles. The lowest BCUT2D eigenvalue weighted by atomic mass is 10.1. The number of fused-ring (bicyclic) bond motifs is 1. The number of nitrogens with zero attached hydrogens (tertiary/aromatic N) is 2. The second-order valence-electron chi connectivity index (χ2n) is 7.66. The number of amides is 1. The zero-order valence-corrected chi connectivity index (χ0v) is 19.4. The Morgan fingerprint density at radius 1 is 1.11 bits per heavy atom. The number of hydrogen-bond donors (Lipinski definition) is 3. The number of halogens is 5. The zero-order chi connectivity index (χ0) is 26.0. The lowest BCUT2D eigenvalue weighted by molar-refractivity contribution is -0.137. The smallest absolute Gasteiger partial charge is 0.320 e. The minimum atomic E-state index is -4.49. The Labute approximate surface area is 203 Å². The van der Waals surface area contributed by atoms with Crippen molar-refractivity contribution in [1.29, 1.82) is 0 Å². The van der Waals surface area contributed by atoms with Gasteiger partial charge < -0.3 is 10.0 Å². The van der Waals surface area contributed by atoms with Crippen molar-refractivity contribution in [1.82, 2.24) is 15.2 Å². The summed E-state index contributed by atoms with van der Waals surface area (Å²) >= 11 is 0. The van der Waals surface area contributed by atoms with Gasteiger partial charge in [-0.1, -0.05) is 19.1 Å². The first-order chi connectivity index (χ1) is 17.1. The van der Waals surface area contributed by atoms with Crippen LogP contribution < -0.4 is 10.0 Å². The van der Waals surface area contributed by atoms with Gasteiger partial charge in [-0.15, -0.1) is 0 Å². The molecule has 4 aromatic rings. The van der Waals surface area contributed by atoms with Gasteiger partial charge in [0.15, 0.2) is 11.5 Å². The molecule has 1 unspecified atom stereocenters. The van der Waals surface area contributed by atoms with Gasteiger partial charge in [0.05, 0.1) is 28.8 Å². The van der Waals surface area contributed by atoms with Crippen molar-refractivity contribution >= 4 is 39.3 Å². The number of nitrogens with one attached hydrogen (secondary N) is 3. The van der Waals surface area contributed by atoms with Crippen LogP contribution in [0.2, 0.25) is 0 Å². The minimum absolute atomic E-state index is 0.0637. The highest BCUT2D eigenvalue weighted by Crippen LogP contribution is 2.33. The molecule has 13 heteroatoms. The number of H-pyrrole nitrogens is 1. The van der Waals surface area contributed by atoms with Crippen LogP contribution in [0, 0.1) is 11.6 Å². The number of alkyl halides is 3. The lowest BCUT2D eigenvalue weighted by Gasteiger charge is -2.11. The fraction of sp³-hybridized carbons (Fsp3) is 0.174. The van der Waals surface area contributed by atoms with Crippen LogP contribution in [0.15, 0.2) is 48.7 Å². The summed E-state index contributed by atoms with van der Waals surface area (Å²) in [6.07, 6.45) is -2.71. The topological polar surface area (TPSA) is 99.8 Å². The minimum Gasteiger partial charge on any atom is -0.320 e. The van der Waals surface area contributed by atoms with E-state index in [1.807, 2.05) is 0 Å². The lowest BCUT2D eigenvalue weighted by Crippen LogP contribution is -2.18. The maximum atomic E-state index is 14.9. The van der Waals surface area contributed by atoms with E-state index in [1.54, 1.807) is 6.92 Å². The molecule has 0 aliphatic rings. The summed E-state index contributed by atoms with van der Waals surface area (Å²) in [5, 5.41) is 9.41. The average Bonchev–Trinajstić information content (AvgIpc) is 3.24. The summed E-state index contributed by atoms with van der Waals surface area (Å²) in [6.45, 7) is 1.79. The van der Waals surface area contributed by atoms with Gasteiger partial charge in [-0.3, -0.25) is 9.89 Å². The number of rotatable bonds is 7. The van der Waals surface area contributed by atoms with E-state index in [4.69, 9.17) is 0 Å². The third kappa shape index (κ3) is 5.20. The van der Waals surface area contributed by atoms with Crippen LogP contribution in [-0.2, 0) is 17.2 Å². The second-order valence-corrected chi connectivity index (χ2v) is 8.96. The van der Waals surface area contributed by atoms with Crippen LogP contribution >= 0.6 is 0 Å². The van der Waals surface area contributed by atoms with Crippen LogP contribution in [0.3, 0.4) is 0 Å². The number of hydrogen-bond acceptors (Lipinski definition) is 4. The molecule has 0 spiro atoms. The SMILES string of the molecule is CCCS(=O)Nc1ccc(F)c(C(=O)Nc2cnc3n[nH]c(-c4ccc(C(F)(F)F)cc4)c3c2)c1F. The van der Waals surface area contributed by atoms with Crippen LogP contribution in [0.4, 0.5) is 33.3 Å². The van der Waals surface area contributed by atoms with Crippen molar-refractivity contribution in [2.24, 2.45) is 0 Å². The molecule has 0 radical (unpaired) electrons. The van der Waals surface area contributed by atoms with Crippen molar-refractivity contribution in [3.8, 4) is 11.3 Å². The Hall–Kier alpha value is -3.87. The van der Waals surface area contributed by atoms with E-state index in [0.29, 0.717) is 23.1 Å². The van der Waals surface area contributed by atoms with Crippen LogP contribution in [0.1, 0.15) is 29.3 Å². The predicted octanol–water partition coefficient (Wildman–Crippen LogP) is 5.66. The normalized spacial score (nSPS) is 12.5. The molecule has 188 valence electrons. The summed E-state index contributed by atoms with van der Waals surface area (Å²) in [7, 11) is -1.61. The number of aromatic nitrogens is 3. The number of carbonyl (C=O) groups is 1. The van der Waals surface area contributed by atoms with E-state index < -0.39 is 45.8 Å². The zero-order valence-electron chi connectivity index (χ0n) is 18.5. The van der Waals surface area contributed by atoms with Gasteiger partial charge in [0.25, 0.3) is 5.91 Å². The number of carbonyl (C=O) groups excluding carboxylic acids is 1. The molecule has 0 aliphatic carbocycles. The van der Waals surface area contributed by atoms with Crippen molar-refractivity contribution in [3.63, 3.8) is 0 Å². The fourth-order valence-corrected chi connectivity index (χ4v) is 4.28. The average molecular weight is 523 g/mol. The molecule has 3 N–H and O–H groups in total. The summed E-state index contributed by atoms with van der Waals surface area (Å²) in [5.41, 5.74) is -1.000. The van der Waals surface area contributed by atoms with E-state index >= 15 is 0 Å². The fourth-order valence-electron chi connectivity index (χ4n) is 3.41. The highest BCUT2D eigenvalue weighted by molar-refractivity contribution is 7.86. The maximum absolute atomic E-state index is 14.9. The largest absolute Gasteiger partial charge is 0.416 e. The molecule has 0 saturated carbocycles. The maximum Gasteiger partial charge on any atom is 0.416 e. The Bertz CT molecular complexity index is 1450. The Kier molecular flexibility index (Phi) is 7.02. The van der Waals surface area contributed by atoms with Crippen LogP contribution in [-0.4, -0.2) is 31.1 Å². The van der Waals surface area contributed by atoms with Gasteiger partial charge in [0, 0.05) is 16.7 Å². The van der Waals surface area contributed by atoms with E-state index in [1.165, 1.54) is 24.4 Å². The predicted molar refractivity (Wildman–Crippen MR) is 126 cm³/mol. The van der Waals surface area contributed by atoms with Gasteiger partial charge in [-0.25, -0.2) is 18.0 Å². The van der Waals surface area contributed by atoms with E-state index in [2.05, 4.69) is 25.2 Å². The molecule has 1 atom stereocenters. The van der Waals surface area contributed by atoms with Gasteiger partial charge >= 0.3 is 6.18 Å². The summed E-state index contributed by atoms with van der Waals surface area (Å²) in [4.78, 5) is 16.8. The highest BCUT2D eigenvalue weighted by Gasteiger charge is 2.30. The molecule has 1 amide bonds. The van der Waals surface area contributed by atoms with Gasteiger partial charge in [-0.2, -0.15) is 18.3 Å². The highest BCUT2D eigenvalue weighted by atomic mass is 32.2. The third-order valence-corrected chi connectivity index (χ3v) is 6.33. The van der Waals surface area contributed by atoms with Crippen molar-refractivity contribution in [3.05, 3.63) is 71.4 Å². The van der Waals surface area contributed by atoms with Crippen molar-refractivity contribution in [2.75, 3.05) is 15.8 Å². The summed E-state index contributed by atoms with van der Waals surface area (Å²) in [6, 6.07) is 7.70. The molecule has 2 aromatic heterocycles. The first kappa shape index (κ1) is 25.2. The Balaban J connectivity index is 1.62. The third-order valence-electron chi connectivity index (χ3n) is 5.10. The number of benzene rings is 2. The molecule has 7 nitrogen and oxygen atoms in total. The molecule has 2 heterocycles. The molecule has 0 saturated heterocycles. The van der Waals surface area contributed by atoms with Crippen LogP contribution in [0.25, 0.3) is 22.3 Å². The van der Waals surface area contributed by atoms with Gasteiger partial charge in [0.1, 0.15) is 22.4 Å². The first-order valence-corrected chi connectivity index (χ1v) is 11.9. The number of pyridine rings is 1. The van der Waals surface area contributed by atoms with Gasteiger partial charge in [-0.05, 0) is 36.8 Å². The summed E-state index contributed by atoms with van der Waals surface area (Å²) in [5.74, 6) is -3.22. The standard InChI is InChI=1S/C23H18F5N5O2S/c1-2-9-36(35)33-17-8-7-16(24)18(19(17)25)22(34)30-14-10-15-20(31-32-21(15)29-11-14)12-3-5-13(6-4-12)23(26,27)28/h3-8,10-11,33H,2,9H2,1H3,(H,30,34)(H,29,31,32). The Morgan fingerprint density at radius 3 is 2.50 bits per heavy atom. The van der Waals surface area contributed by atoms with Crippen molar-refractivity contribution in [2.45, 2.75) is 19.5 Å². The molecule has 0 bridgehead atoms. The van der Waals surface area contributed by atoms with E-state index in [-0.39, 0.29) is 22.8 Å². The molecular weight excluding hydrogens is 505 g/mol. The number of anilines is 2. The molecule has 4 rings (SSSR count). The van der Waals surface area contributed by atoms with Gasteiger partial charge in [0.2, 0.25) is 0 Å². The Morgan fingerprint density at radius 2 is 1.83 bits per heavy atom. The first-order valence-electron chi connectivity index (χ1n) is 10.5. The molecule has 2 aromatic carbocycles. The van der Waals surface area contributed by atoms with Crippen LogP contribution in [0.5, 0.6) is 0 Å². The summed E-state index contributed by atoms with van der Waals surface area (Å²) < 4.78 is 82.2. The van der Waals surface area contributed by atoms with E-state index in [0.717, 1.165) is 24.3 Å². The monoisotopic (exact) mass is 523 g/mol. The molecule has 0 fully saturated rings. The molecular formula is C23H18F5N5O2S. The number of aromatic amines is 1. The molecule has 36 heavy (non-hydrogen) atoms. The second kappa shape index (κ2) is 10.0. The van der Waals surface area contributed by atoms with E-state index in [9.17, 15) is 31.0 Å².